The number of rotatable bonds is 8. The summed E-state index contributed by atoms with van der Waals surface area (Å²) in [5.74, 6) is 0.352. The van der Waals surface area contributed by atoms with Gasteiger partial charge in [0.2, 0.25) is 5.91 Å². The Hall–Kier alpha value is -5.27. The predicted octanol–water partition coefficient (Wildman–Crippen LogP) is 4.90. The number of carbonyl (C=O) groups excluding carboxylic acids is 2. The van der Waals surface area contributed by atoms with Gasteiger partial charge in [0.1, 0.15) is 11.5 Å². The Morgan fingerprint density at radius 2 is 1.89 bits per heavy atom. The second kappa shape index (κ2) is 13.9. The van der Waals surface area contributed by atoms with Crippen LogP contribution in [0.2, 0.25) is 0 Å². The SMILES string of the molecule is C=CC(=O)Nc1cc(Nc2nc(-c3ccnc(N4CCCn5c(cc6c5CC(C)(C)C6)C4=O)c3C)cn(C)c2=O)ccc1N1CCN(C2COC2)C[C@@H]1C. The molecule has 2 saturated heterocycles. The summed E-state index contributed by atoms with van der Waals surface area (Å²) in [6.45, 7) is 17.8. The highest BCUT2D eigenvalue weighted by Gasteiger charge is 2.37. The molecule has 2 fully saturated rings. The molecule has 13 nitrogen and oxygen atoms in total. The van der Waals surface area contributed by atoms with Gasteiger partial charge in [-0.15, -0.1) is 0 Å². The third kappa shape index (κ3) is 6.49. The van der Waals surface area contributed by atoms with E-state index in [9.17, 15) is 14.4 Å². The van der Waals surface area contributed by atoms with E-state index >= 15 is 0 Å². The summed E-state index contributed by atoms with van der Waals surface area (Å²) in [6, 6.07) is 10.3. The Kier molecular flexibility index (Phi) is 9.17. The molecule has 2 amide bonds. The number of fused-ring (bicyclic) bond motifs is 3. The van der Waals surface area contributed by atoms with E-state index in [1.54, 1.807) is 24.3 Å². The van der Waals surface area contributed by atoms with Crippen molar-refractivity contribution in [3.05, 3.63) is 88.2 Å². The molecule has 13 heteroatoms. The molecule has 0 unspecified atom stereocenters. The highest BCUT2D eigenvalue weighted by atomic mass is 16.5. The average Bonchev–Trinajstić information content (AvgIpc) is 3.53. The molecular formula is C41H49N9O4. The molecule has 1 aromatic carbocycles. The summed E-state index contributed by atoms with van der Waals surface area (Å²) in [6.07, 6.45) is 7.41. The maximum absolute atomic E-state index is 14.1. The molecular weight excluding hydrogens is 683 g/mol. The van der Waals surface area contributed by atoms with Gasteiger partial charge in [0.05, 0.1) is 36.3 Å². The van der Waals surface area contributed by atoms with Crippen LogP contribution in [0, 0.1) is 12.3 Å². The van der Waals surface area contributed by atoms with Crippen LogP contribution >= 0.6 is 0 Å². The first-order valence-corrected chi connectivity index (χ1v) is 18.9. The fourth-order valence-electron chi connectivity index (χ4n) is 8.59. The molecule has 54 heavy (non-hydrogen) atoms. The third-order valence-electron chi connectivity index (χ3n) is 11.4. The second-order valence-electron chi connectivity index (χ2n) is 16.0. The minimum atomic E-state index is -0.324. The molecule has 0 radical (unpaired) electrons. The van der Waals surface area contributed by atoms with E-state index in [0.29, 0.717) is 35.5 Å². The van der Waals surface area contributed by atoms with Gasteiger partial charge in [-0.3, -0.25) is 24.2 Å². The van der Waals surface area contributed by atoms with Gasteiger partial charge < -0.3 is 29.4 Å². The minimum absolute atomic E-state index is 0.0461. The first-order valence-electron chi connectivity index (χ1n) is 18.9. The minimum Gasteiger partial charge on any atom is -0.378 e. The van der Waals surface area contributed by atoms with Crippen molar-refractivity contribution >= 4 is 40.5 Å². The van der Waals surface area contributed by atoms with Crippen molar-refractivity contribution in [2.24, 2.45) is 12.5 Å². The average molecular weight is 732 g/mol. The number of ether oxygens (including phenoxy) is 1. The van der Waals surface area contributed by atoms with Gasteiger partial charge in [0.25, 0.3) is 11.5 Å². The molecule has 2 N–H and O–H groups in total. The van der Waals surface area contributed by atoms with Gasteiger partial charge in [-0.2, -0.15) is 0 Å². The molecule has 0 saturated carbocycles. The predicted molar refractivity (Wildman–Crippen MR) is 211 cm³/mol. The fourth-order valence-corrected chi connectivity index (χ4v) is 8.59. The zero-order valence-corrected chi connectivity index (χ0v) is 31.8. The maximum atomic E-state index is 14.1. The highest BCUT2D eigenvalue weighted by molar-refractivity contribution is 6.06. The van der Waals surface area contributed by atoms with E-state index < -0.39 is 0 Å². The number of carbonyl (C=O) groups is 2. The molecule has 4 aliphatic rings. The Balaban J connectivity index is 1.08. The van der Waals surface area contributed by atoms with Crippen LogP contribution in [0.1, 0.15) is 54.5 Å². The molecule has 4 aromatic rings. The number of anilines is 5. The van der Waals surface area contributed by atoms with Gasteiger partial charge in [0.15, 0.2) is 5.82 Å². The quantitative estimate of drug-likeness (QED) is 0.243. The Morgan fingerprint density at radius 3 is 2.63 bits per heavy atom. The number of piperazine rings is 1. The summed E-state index contributed by atoms with van der Waals surface area (Å²) < 4.78 is 9.15. The number of aryl methyl sites for hydroxylation is 1. The number of nitrogens with one attached hydrogen (secondary N) is 2. The fraction of sp³-hybridized carbons (Fsp3) is 0.439. The van der Waals surface area contributed by atoms with Crippen LogP contribution in [0.5, 0.6) is 0 Å². The maximum Gasteiger partial charge on any atom is 0.293 e. The highest BCUT2D eigenvalue weighted by Crippen LogP contribution is 2.40. The smallest absolute Gasteiger partial charge is 0.293 e. The van der Waals surface area contributed by atoms with Crippen LogP contribution in [0.4, 0.5) is 28.7 Å². The van der Waals surface area contributed by atoms with E-state index in [-0.39, 0.29) is 34.6 Å². The summed E-state index contributed by atoms with van der Waals surface area (Å²) >= 11 is 0. The van der Waals surface area contributed by atoms with Crippen LogP contribution in [0.15, 0.2) is 60.2 Å². The van der Waals surface area contributed by atoms with Gasteiger partial charge in [-0.05, 0) is 80.5 Å². The molecule has 1 aliphatic carbocycles. The monoisotopic (exact) mass is 731 g/mol. The first kappa shape index (κ1) is 35.7. The lowest BCUT2D eigenvalue weighted by Gasteiger charge is -2.46. The number of hydrogen-bond donors (Lipinski definition) is 2. The number of hydrogen-bond acceptors (Lipinski definition) is 9. The van der Waals surface area contributed by atoms with Crippen molar-refractivity contribution in [2.75, 3.05) is 59.8 Å². The van der Waals surface area contributed by atoms with Crippen LogP contribution in [-0.4, -0.2) is 87.3 Å². The van der Waals surface area contributed by atoms with Crippen molar-refractivity contribution in [1.29, 1.82) is 0 Å². The lowest BCUT2D eigenvalue weighted by molar-refractivity contribution is -0.111. The zero-order valence-electron chi connectivity index (χ0n) is 31.8. The summed E-state index contributed by atoms with van der Waals surface area (Å²) in [7, 11) is 1.69. The molecule has 0 bridgehead atoms. The molecule has 3 aliphatic heterocycles. The number of benzene rings is 1. The van der Waals surface area contributed by atoms with Gasteiger partial charge in [-0.1, -0.05) is 20.4 Å². The first-order chi connectivity index (χ1) is 25.9. The number of pyridine rings is 1. The van der Waals surface area contributed by atoms with E-state index in [1.807, 2.05) is 31.2 Å². The second-order valence-corrected chi connectivity index (χ2v) is 16.0. The van der Waals surface area contributed by atoms with Gasteiger partial charge in [0, 0.05) is 80.7 Å². The normalized spacial score (nSPS) is 19.9. The van der Waals surface area contributed by atoms with Crippen LogP contribution < -0.4 is 26.0 Å². The summed E-state index contributed by atoms with van der Waals surface area (Å²) in [5, 5.41) is 6.22. The summed E-state index contributed by atoms with van der Waals surface area (Å²) in [4.78, 5) is 56.3. The van der Waals surface area contributed by atoms with E-state index in [2.05, 4.69) is 58.4 Å². The molecule has 0 spiro atoms. The number of nitrogens with zero attached hydrogens (tertiary/aromatic N) is 7. The van der Waals surface area contributed by atoms with Crippen molar-refractivity contribution in [3.63, 3.8) is 0 Å². The molecule has 1 atom stereocenters. The van der Waals surface area contributed by atoms with Crippen LogP contribution in [-0.2, 0) is 36.0 Å². The van der Waals surface area contributed by atoms with Gasteiger partial charge >= 0.3 is 0 Å². The van der Waals surface area contributed by atoms with Crippen molar-refractivity contribution in [3.8, 4) is 11.3 Å². The van der Waals surface area contributed by atoms with E-state index in [4.69, 9.17) is 14.7 Å². The van der Waals surface area contributed by atoms with Crippen molar-refractivity contribution < 1.29 is 14.3 Å². The lowest BCUT2D eigenvalue weighted by Crippen LogP contribution is -2.59. The van der Waals surface area contributed by atoms with Gasteiger partial charge in [-0.25, -0.2) is 9.97 Å². The standard InChI is InChI=1S/C41H49N9O4/c1-7-36(51)44-31-18-28(9-10-33(31)48-16-15-47(21-25(48)2)29-23-54-24-29)43-37-40(53)46(6)22-32(45-37)30-11-12-42-38(26(30)3)50-14-8-13-49-34(39(50)52)17-27-19-41(4,5)20-35(27)49/h7,9-12,17-18,22,25,29H,1,8,13-16,19-21,23-24H2,2-6H3,(H,43,45)(H,44,51)/t25-/m0/s1. The largest absolute Gasteiger partial charge is 0.378 e. The van der Waals surface area contributed by atoms with Crippen LogP contribution in [0.3, 0.4) is 0 Å². The molecule has 282 valence electrons. The Morgan fingerprint density at radius 1 is 1.07 bits per heavy atom. The molecule has 3 aromatic heterocycles. The zero-order chi connectivity index (χ0) is 37.9. The lowest BCUT2D eigenvalue weighted by atomic mass is 9.90. The number of amides is 2. The Labute approximate surface area is 315 Å². The topological polar surface area (TPSA) is 130 Å². The summed E-state index contributed by atoms with van der Waals surface area (Å²) in [5.41, 5.74) is 7.42. The van der Waals surface area contributed by atoms with Crippen molar-refractivity contribution in [1.82, 2.24) is 24.0 Å². The number of aromatic nitrogens is 4. The molecule has 8 rings (SSSR count). The van der Waals surface area contributed by atoms with E-state index in [0.717, 1.165) is 81.2 Å². The molecule has 6 heterocycles. The van der Waals surface area contributed by atoms with E-state index in [1.165, 1.54) is 21.9 Å². The van der Waals surface area contributed by atoms with Crippen LogP contribution in [0.25, 0.3) is 11.3 Å². The van der Waals surface area contributed by atoms with Crippen molar-refractivity contribution in [2.45, 2.75) is 65.6 Å². The Bertz CT molecular complexity index is 2220. The third-order valence-corrected chi connectivity index (χ3v) is 11.4.